The molecule has 5 nitrogen and oxygen atoms in total. The molecule has 2 atom stereocenters. The van der Waals surface area contributed by atoms with Crippen molar-refractivity contribution in [2.75, 3.05) is 35.2 Å². The van der Waals surface area contributed by atoms with E-state index < -0.39 is 0 Å². The quantitative estimate of drug-likeness (QED) is 0.930. The molecule has 2 aliphatic rings. The normalized spacial score (nSPS) is 26.3. The van der Waals surface area contributed by atoms with Crippen LogP contribution in [0.2, 0.25) is 0 Å². The van der Waals surface area contributed by atoms with Gasteiger partial charge in [0, 0.05) is 25.7 Å². The molecule has 0 aliphatic carbocycles. The molecule has 2 aliphatic heterocycles. The number of rotatable bonds is 3. The van der Waals surface area contributed by atoms with E-state index in [0.717, 1.165) is 43.4 Å². The van der Waals surface area contributed by atoms with E-state index in [1.807, 2.05) is 0 Å². The van der Waals surface area contributed by atoms with Crippen LogP contribution in [-0.2, 0) is 0 Å². The fourth-order valence-electron chi connectivity index (χ4n) is 3.94. The molecule has 0 spiro atoms. The van der Waals surface area contributed by atoms with Crippen LogP contribution in [0.15, 0.2) is 6.33 Å². The van der Waals surface area contributed by atoms with E-state index in [0.29, 0.717) is 12.0 Å². The molecule has 2 fully saturated rings. The maximum Gasteiger partial charge on any atom is 0.157 e. The largest absolute Gasteiger partial charge is 0.393 e. The van der Waals surface area contributed by atoms with Gasteiger partial charge in [-0.2, -0.15) is 0 Å². The second-order valence-corrected chi connectivity index (χ2v) is 6.88. The molecule has 1 aromatic heterocycles. The summed E-state index contributed by atoms with van der Waals surface area (Å²) >= 11 is 0. The van der Waals surface area contributed by atoms with Crippen molar-refractivity contribution in [3.05, 3.63) is 6.33 Å². The average Bonchev–Trinajstić information content (AvgIpc) is 2.55. The van der Waals surface area contributed by atoms with Gasteiger partial charge in [-0.1, -0.05) is 13.8 Å². The van der Waals surface area contributed by atoms with Gasteiger partial charge in [0.2, 0.25) is 0 Å². The molecule has 2 N–H and O–H groups in total. The van der Waals surface area contributed by atoms with Crippen LogP contribution in [0.5, 0.6) is 0 Å². The van der Waals surface area contributed by atoms with Gasteiger partial charge in [0.25, 0.3) is 0 Å². The highest BCUT2D eigenvalue weighted by Crippen LogP contribution is 2.34. The lowest BCUT2D eigenvalue weighted by molar-refractivity contribution is 0.442. The number of hydrogen-bond acceptors (Lipinski definition) is 5. The summed E-state index contributed by atoms with van der Waals surface area (Å²) in [6.07, 6.45) is 9.17. The molecule has 0 amide bonds. The van der Waals surface area contributed by atoms with E-state index in [-0.39, 0.29) is 0 Å². The van der Waals surface area contributed by atoms with E-state index in [1.165, 1.54) is 32.1 Å². The van der Waals surface area contributed by atoms with Crippen molar-refractivity contribution < 1.29 is 0 Å². The molecule has 0 aromatic carbocycles. The summed E-state index contributed by atoms with van der Waals surface area (Å²) in [6, 6.07) is 0.569. The fraction of sp³-hybridized carbons (Fsp3) is 0.765. The van der Waals surface area contributed by atoms with E-state index in [9.17, 15) is 0 Å². The van der Waals surface area contributed by atoms with Crippen molar-refractivity contribution in [2.24, 2.45) is 5.92 Å². The standard InChI is InChI=1S/C17H29N5/c1-3-14-8-4-5-10-22(14)17-15(18)16(19-12-20-17)21-9-6-7-13(2)11-21/h12-14H,3-11,18H2,1-2H3. The lowest BCUT2D eigenvalue weighted by Crippen LogP contribution is -2.41. The molecule has 22 heavy (non-hydrogen) atoms. The molecule has 3 rings (SSSR count). The van der Waals surface area contributed by atoms with Crippen LogP contribution in [0.3, 0.4) is 0 Å². The number of aromatic nitrogens is 2. The Morgan fingerprint density at radius 1 is 1.14 bits per heavy atom. The molecule has 3 heterocycles. The zero-order chi connectivity index (χ0) is 15.5. The molecule has 122 valence electrons. The van der Waals surface area contributed by atoms with Gasteiger partial charge in [-0.3, -0.25) is 0 Å². The Morgan fingerprint density at radius 3 is 2.73 bits per heavy atom. The summed E-state index contributed by atoms with van der Waals surface area (Å²) in [7, 11) is 0. The second kappa shape index (κ2) is 6.71. The summed E-state index contributed by atoms with van der Waals surface area (Å²) < 4.78 is 0. The van der Waals surface area contributed by atoms with Crippen LogP contribution >= 0.6 is 0 Å². The Kier molecular flexibility index (Phi) is 4.69. The predicted octanol–water partition coefficient (Wildman–Crippen LogP) is 3.06. The van der Waals surface area contributed by atoms with Crippen LogP contribution in [-0.4, -0.2) is 35.6 Å². The Balaban J connectivity index is 1.88. The van der Waals surface area contributed by atoms with E-state index >= 15 is 0 Å². The van der Waals surface area contributed by atoms with Crippen molar-refractivity contribution in [1.82, 2.24) is 9.97 Å². The lowest BCUT2D eigenvalue weighted by Gasteiger charge is -2.38. The minimum Gasteiger partial charge on any atom is -0.393 e. The highest BCUT2D eigenvalue weighted by atomic mass is 15.3. The summed E-state index contributed by atoms with van der Waals surface area (Å²) in [6.45, 7) is 7.74. The first kappa shape index (κ1) is 15.4. The van der Waals surface area contributed by atoms with E-state index in [4.69, 9.17) is 5.73 Å². The lowest BCUT2D eigenvalue weighted by atomic mass is 9.99. The van der Waals surface area contributed by atoms with Crippen LogP contribution in [0.25, 0.3) is 0 Å². The number of nitrogen functional groups attached to an aromatic ring is 1. The molecule has 2 saturated heterocycles. The molecule has 1 aromatic rings. The first-order valence-electron chi connectivity index (χ1n) is 8.82. The molecule has 0 radical (unpaired) electrons. The minimum atomic E-state index is 0.569. The second-order valence-electron chi connectivity index (χ2n) is 6.88. The summed E-state index contributed by atoms with van der Waals surface area (Å²) in [5, 5.41) is 0. The van der Waals surface area contributed by atoms with Gasteiger partial charge in [0.1, 0.15) is 12.0 Å². The van der Waals surface area contributed by atoms with Gasteiger partial charge in [0.15, 0.2) is 11.6 Å². The number of anilines is 3. The number of nitrogens with zero attached hydrogens (tertiary/aromatic N) is 4. The summed E-state index contributed by atoms with van der Waals surface area (Å²) in [5.74, 6) is 2.61. The number of piperidine rings is 2. The van der Waals surface area contributed by atoms with Crippen molar-refractivity contribution in [3.8, 4) is 0 Å². The highest BCUT2D eigenvalue weighted by Gasteiger charge is 2.27. The maximum absolute atomic E-state index is 6.50. The minimum absolute atomic E-state index is 0.569. The third-order valence-corrected chi connectivity index (χ3v) is 5.17. The third-order valence-electron chi connectivity index (χ3n) is 5.17. The maximum atomic E-state index is 6.50. The van der Waals surface area contributed by atoms with Crippen molar-refractivity contribution in [1.29, 1.82) is 0 Å². The van der Waals surface area contributed by atoms with Crippen molar-refractivity contribution in [2.45, 2.75) is 58.4 Å². The first-order chi connectivity index (χ1) is 10.7. The Morgan fingerprint density at radius 2 is 1.95 bits per heavy atom. The molecule has 2 unspecified atom stereocenters. The average molecular weight is 303 g/mol. The zero-order valence-electron chi connectivity index (χ0n) is 14.0. The fourth-order valence-corrected chi connectivity index (χ4v) is 3.94. The van der Waals surface area contributed by atoms with Gasteiger partial charge < -0.3 is 15.5 Å². The van der Waals surface area contributed by atoms with Gasteiger partial charge in [-0.15, -0.1) is 0 Å². The molecular formula is C17H29N5. The summed E-state index contributed by atoms with van der Waals surface area (Å²) in [5.41, 5.74) is 7.27. The number of hydrogen-bond donors (Lipinski definition) is 1. The van der Waals surface area contributed by atoms with Crippen LogP contribution in [0, 0.1) is 5.92 Å². The predicted molar refractivity (Wildman–Crippen MR) is 92.3 cm³/mol. The molecule has 5 heteroatoms. The van der Waals surface area contributed by atoms with Crippen molar-refractivity contribution >= 4 is 17.3 Å². The molecule has 0 saturated carbocycles. The van der Waals surface area contributed by atoms with E-state index in [1.54, 1.807) is 6.33 Å². The van der Waals surface area contributed by atoms with Crippen LogP contribution in [0.4, 0.5) is 17.3 Å². The molecule has 0 bridgehead atoms. The third kappa shape index (κ3) is 2.99. The Labute approximate surface area is 133 Å². The first-order valence-corrected chi connectivity index (χ1v) is 8.82. The van der Waals surface area contributed by atoms with Crippen molar-refractivity contribution in [3.63, 3.8) is 0 Å². The van der Waals surface area contributed by atoms with Crippen LogP contribution < -0.4 is 15.5 Å². The number of nitrogens with two attached hydrogens (primary N) is 1. The highest BCUT2D eigenvalue weighted by molar-refractivity contribution is 5.76. The molecular weight excluding hydrogens is 274 g/mol. The SMILES string of the molecule is CCC1CCCCN1c1ncnc(N2CCCC(C)C2)c1N. The monoisotopic (exact) mass is 303 g/mol. The van der Waals surface area contributed by atoms with Crippen LogP contribution in [0.1, 0.15) is 52.4 Å². The van der Waals surface area contributed by atoms with Gasteiger partial charge >= 0.3 is 0 Å². The van der Waals surface area contributed by atoms with Gasteiger partial charge in [0.05, 0.1) is 0 Å². The Bertz CT molecular complexity index is 504. The van der Waals surface area contributed by atoms with Gasteiger partial charge in [-0.25, -0.2) is 9.97 Å². The smallest absolute Gasteiger partial charge is 0.157 e. The Hall–Kier alpha value is -1.52. The van der Waals surface area contributed by atoms with E-state index in [2.05, 4.69) is 33.6 Å². The topological polar surface area (TPSA) is 58.3 Å². The zero-order valence-corrected chi connectivity index (χ0v) is 14.0. The summed E-state index contributed by atoms with van der Waals surface area (Å²) in [4.78, 5) is 13.8. The van der Waals surface area contributed by atoms with Gasteiger partial charge in [-0.05, 0) is 44.4 Å².